The molecular formula is C18H26O4. The van der Waals surface area contributed by atoms with E-state index in [2.05, 4.69) is 12.2 Å². The molecule has 122 valence electrons. The van der Waals surface area contributed by atoms with E-state index in [1.54, 1.807) is 0 Å². The molecule has 4 saturated heterocycles. The van der Waals surface area contributed by atoms with E-state index in [9.17, 15) is 0 Å². The molecule has 4 heteroatoms. The van der Waals surface area contributed by atoms with E-state index in [1.165, 1.54) is 0 Å². The average Bonchev–Trinajstić information content (AvgIpc) is 3.31. The minimum Gasteiger partial charge on any atom is -0.368 e. The maximum absolute atomic E-state index is 6.56. The Morgan fingerprint density at radius 3 is 1.23 bits per heavy atom. The molecule has 0 bridgehead atoms. The second-order valence-electron chi connectivity index (χ2n) is 7.57. The van der Waals surface area contributed by atoms with Gasteiger partial charge in [0.15, 0.2) is 0 Å². The zero-order valence-corrected chi connectivity index (χ0v) is 13.3. The summed E-state index contributed by atoms with van der Waals surface area (Å²) in [5, 5.41) is 0. The summed E-state index contributed by atoms with van der Waals surface area (Å²) in [5.41, 5.74) is -1.31. The third kappa shape index (κ3) is 1.40. The maximum Gasteiger partial charge on any atom is 0.133 e. The molecule has 0 radical (unpaired) electrons. The second kappa shape index (κ2) is 4.56. The Morgan fingerprint density at radius 2 is 0.909 bits per heavy atom. The van der Waals surface area contributed by atoms with Gasteiger partial charge >= 0.3 is 0 Å². The normalized spacial score (nSPS) is 53.8. The molecule has 4 spiro atoms. The lowest BCUT2D eigenvalue weighted by Crippen LogP contribution is -2.76. The largest absolute Gasteiger partial charge is 0.368 e. The highest BCUT2D eigenvalue weighted by molar-refractivity contribution is 5.38. The molecule has 0 amide bonds. The van der Waals surface area contributed by atoms with E-state index in [4.69, 9.17) is 18.9 Å². The highest BCUT2D eigenvalue weighted by atomic mass is 16.6. The summed E-state index contributed by atoms with van der Waals surface area (Å²) in [6, 6.07) is 0. The number of rotatable bonds is 0. The van der Waals surface area contributed by atoms with E-state index in [-0.39, 0.29) is 22.4 Å². The molecule has 4 nitrogen and oxygen atoms in total. The maximum atomic E-state index is 6.56. The lowest BCUT2D eigenvalue weighted by molar-refractivity contribution is -0.294. The smallest absolute Gasteiger partial charge is 0.133 e. The number of fused-ring (bicyclic) bond motifs is 3. The van der Waals surface area contributed by atoms with Gasteiger partial charge in [0.25, 0.3) is 0 Å². The van der Waals surface area contributed by atoms with Gasteiger partial charge in [-0.25, -0.2) is 0 Å². The Bertz CT molecular complexity index is 429. The average molecular weight is 306 g/mol. The Kier molecular flexibility index (Phi) is 2.90. The minimum absolute atomic E-state index is 0.301. The van der Waals surface area contributed by atoms with E-state index in [0.29, 0.717) is 0 Å². The predicted octanol–water partition coefficient (Wildman–Crippen LogP) is 2.75. The van der Waals surface area contributed by atoms with Gasteiger partial charge in [0.2, 0.25) is 0 Å². The van der Waals surface area contributed by atoms with Crippen LogP contribution >= 0.6 is 0 Å². The van der Waals surface area contributed by atoms with Gasteiger partial charge in [0.1, 0.15) is 22.4 Å². The molecule has 0 N–H and O–H groups in total. The van der Waals surface area contributed by atoms with Crippen molar-refractivity contribution >= 4 is 0 Å². The molecule has 4 fully saturated rings. The third-order valence-corrected chi connectivity index (χ3v) is 6.79. The molecule has 5 aliphatic rings. The summed E-state index contributed by atoms with van der Waals surface area (Å²) < 4.78 is 25.8. The highest BCUT2D eigenvalue weighted by Gasteiger charge is 2.76. The zero-order chi connectivity index (χ0) is 14.7. The Hall–Kier alpha value is -0.420. The Labute approximate surface area is 132 Å². The van der Waals surface area contributed by atoms with Crippen molar-refractivity contribution in [1.82, 2.24) is 0 Å². The molecule has 0 aromatic heterocycles. The molecule has 4 heterocycles. The van der Waals surface area contributed by atoms with Crippen molar-refractivity contribution in [3.63, 3.8) is 0 Å². The van der Waals surface area contributed by atoms with E-state index in [1.807, 2.05) is 0 Å². The summed E-state index contributed by atoms with van der Waals surface area (Å²) in [5.74, 6) is 0. The van der Waals surface area contributed by atoms with Gasteiger partial charge in [-0.05, 0) is 51.4 Å². The molecule has 5 rings (SSSR count). The first-order chi connectivity index (χ1) is 10.8. The summed E-state index contributed by atoms with van der Waals surface area (Å²) >= 11 is 0. The van der Waals surface area contributed by atoms with Crippen LogP contribution in [0.4, 0.5) is 0 Å². The number of hydrogen-bond acceptors (Lipinski definition) is 4. The summed E-state index contributed by atoms with van der Waals surface area (Å²) in [7, 11) is 0. The van der Waals surface area contributed by atoms with Crippen molar-refractivity contribution in [2.75, 3.05) is 26.4 Å². The van der Waals surface area contributed by atoms with Crippen LogP contribution in [-0.4, -0.2) is 48.8 Å². The van der Waals surface area contributed by atoms with Gasteiger partial charge in [0, 0.05) is 26.4 Å². The molecule has 22 heavy (non-hydrogen) atoms. The van der Waals surface area contributed by atoms with Gasteiger partial charge in [-0.15, -0.1) is 0 Å². The van der Waals surface area contributed by atoms with E-state index in [0.717, 1.165) is 77.8 Å². The SMILES string of the molecule is C1=C[C@@]2(CCCO2)[C@]2(CCCO2)[C@@]2(CCCO2)[C@]12CCCO2. The Morgan fingerprint density at radius 1 is 0.500 bits per heavy atom. The van der Waals surface area contributed by atoms with Crippen molar-refractivity contribution in [3.05, 3.63) is 12.2 Å². The molecule has 4 aliphatic heterocycles. The highest BCUT2D eigenvalue weighted by Crippen LogP contribution is 2.63. The van der Waals surface area contributed by atoms with Gasteiger partial charge < -0.3 is 18.9 Å². The summed E-state index contributed by atoms with van der Waals surface area (Å²) in [6.45, 7) is 3.30. The van der Waals surface area contributed by atoms with E-state index >= 15 is 0 Å². The Balaban J connectivity index is 1.73. The van der Waals surface area contributed by atoms with Crippen molar-refractivity contribution in [2.24, 2.45) is 0 Å². The van der Waals surface area contributed by atoms with Crippen LogP contribution < -0.4 is 0 Å². The first-order valence-corrected chi connectivity index (χ1v) is 9.05. The molecule has 0 saturated carbocycles. The fraction of sp³-hybridized carbons (Fsp3) is 0.889. The lowest BCUT2D eigenvalue weighted by Gasteiger charge is -2.61. The lowest BCUT2D eigenvalue weighted by atomic mass is 9.56. The fourth-order valence-electron chi connectivity index (χ4n) is 6.03. The molecular weight excluding hydrogens is 280 g/mol. The first-order valence-electron chi connectivity index (χ1n) is 9.05. The van der Waals surface area contributed by atoms with Gasteiger partial charge in [-0.1, -0.05) is 12.2 Å². The van der Waals surface area contributed by atoms with E-state index < -0.39 is 0 Å². The quantitative estimate of drug-likeness (QED) is 0.645. The van der Waals surface area contributed by atoms with Crippen molar-refractivity contribution in [1.29, 1.82) is 0 Å². The number of hydrogen-bond donors (Lipinski definition) is 0. The van der Waals surface area contributed by atoms with Crippen LogP contribution in [0.3, 0.4) is 0 Å². The predicted molar refractivity (Wildman–Crippen MR) is 80.8 cm³/mol. The zero-order valence-electron chi connectivity index (χ0n) is 13.3. The van der Waals surface area contributed by atoms with Crippen molar-refractivity contribution in [3.8, 4) is 0 Å². The van der Waals surface area contributed by atoms with Crippen LogP contribution in [0.15, 0.2) is 12.2 Å². The van der Waals surface area contributed by atoms with Crippen molar-refractivity contribution < 1.29 is 18.9 Å². The van der Waals surface area contributed by atoms with Crippen LogP contribution in [0.25, 0.3) is 0 Å². The third-order valence-electron chi connectivity index (χ3n) is 6.79. The molecule has 4 atom stereocenters. The number of ether oxygens (including phenoxy) is 4. The van der Waals surface area contributed by atoms with Crippen LogP contribution in [0, 0.1) is 0 Å². The standard InChI is InChI=1S/C18H26O4/c1-5-15(19-11-1)9-10-16(6-2-12-20-16)18(8-4-14-22-18)17(15)7-3-13-21-17/h9-10H,1-8,11-14H2/t15-,16-,17+,18+/m0/s1. The van der Waals surface area contributed by atoms with Crippen LogP contribution in [-0.2, 0) is 18.9 Å². The molecule has 0 aromatic carbocycles. The second-order valence-corrected chi connectivity index (χ2v) is 7.57. The molecule has 1 aliphatic carbocycles. The van der Waals surface area contributed by atoms with Crippen LogP contribution in [0.1, 0.15) is 51.4 Å². The molecule has 0 unspecified atom stereocenters. The van der Waals surface area contributed by atoms with Crippen LogP contribution in [0.5, 0.6) is 0 Å². The van der Waals surface area contributed by atoms with Crippen molar-refractivity contribution in [2.45, 2.75) is 73.8 Å². The fourth-order valence-corrected chi connectivity index (χ4v) is 6.03. The minimum atomic E-state index is -0.355. The topological polar surface area (TPSA) is 36.9 Å². The summed E-state index contributed by atoms with van der Waals surface area (Å²) in [6.07, 6.45) is 13.2. The monoisotopic (exact) mass is 306 g/mol. The van der Waals surface area contributed by atoms with Gasteiger partial charge in [0.05, 0.1) is 0 Å². The van der Waals surface area contributed by atoms with Gasteiger partial charge in [-0.2, -0.15) is 0 Å². The van der Waals surface area contributed by atoms with Gasteiger partial charge in [-0.3, -0.25) is 0 Å². The summed E-state index contributed by atoms with van der Waals surface area (Å²) in [4.78, 5) is 0. The van der Waals surface area contributed by atoms with Crippen LogP contribution in [0.2, 0.25) is 0 Å². The first kappa shape index (κ1) is 14.0. The molecule has 0 aromatic rings.